The van der Waals surface area contributed by atoms with Crippen LogP contribution in [0.1, 0.15) is 51.0 Å². The molecular weight excluding hydrogens is 366 g/mol. The van der Waals surface area contributed by atoms with Crippen molar-refractivity contribution in [3.05, 3.63) is 35.4 Å². The molecule has 1 unspecified atom stereocenters. The summed E-state index contributed by atoms with van der Waals surface area (Å²) in [6.45, 7) is 6.66. The number of rotatable bonds is 7. The van der Waals surface area contributed by atoms with Gasteiger partial charge in [-0.1, -0.05) is 24.3 Å². The third-order valence-corrected chi connectivity index (χ3v) is 4.13. The molecule has 1 amide bonds. The second-order valence-electron chi connectivity index (χ2n) is 7.51. The zero-order chi connectivity index (χ0) is 20.9. The molecule has 0 radical (unpaired) electrons. The van der Waals surface area contributed by atoms with Gasteiger partial charge in [0, 0.05) is 26.7 Å². The quantitative estimate of drug-likeness (QED) is 0.518. The first-order valence-corrected chi connectivity index (χ1v) is 9.04. The number of benzene rings is 1. The predicted octanol–water partition coefficient (Wildman–Crippen LogP) is 3.18. The van der Waals surface area contributed by atoms with Gasteiger partial charge in [-0.3, -0.25) is 9.69 Å². The maximum atomic E-state index is 12.9. The van der Waals surface area contributed by atoms with Crippen molar-refractivity contribution in [1.29, 1.82) is 0 Å². The van der Waals surface area contributed by atoms with Gasteiger partial charge in [-0.15, -0.1) is 0 Å². The van der Waals surface area contributed by atoms with Crippen LogP contribution in [0.15, 0.2) is 24.3 Å². The van der Waals surface area contributed by atoms with E-state index in [0.29, 0.717) is 0 Å². The molecule has 3 atom stereocenters. The van der Waals surface area contributed by atoms with Gasteiger partial charge in [-0.25, -0.2) is 4.79 Å². The van der Waals surface area contributed by atoms with E-state index in [0.717, 1.165) is 11.1 Å². The minimum absolute atomic E-state index is 0.0203. The lowest BCUT2D eigenvalue weighted by atomic mass is 10.1. The van der Waals surface area contributed by atoms with Crippen LogP contribution in [-0.4, -0.2) is 56.4 Å². The van der Waals surface area contributed by atoms with E-state index in [-0.39, 0.29) is 13.5 Å². The lowest BCUT2D eigenvalue weighted by Gasteiger charge is -2.35. The average molecular weight is 395 g/mol. The van der Waals surface area contributed by atoms with Gasteiger partial charge in [0.25, 0.3) is 0 Å². The minimum atomic E-state index is -0.685. The molecule has 8 nitrogen and oxygen atoms in total. The van der Waals surface area contributed by atoms with Gasteiger partial charge in [0.05, 0.1) is 6.04 Å². The number of hydrogen-bond donors (Lipinski definition) is 0. The summed E-state index contributed by atoms with van der Waals surface area (Å²) in [5, 5.41) is 0. The largest absolute Gasteiger partial charge is 0.455 e. The lowest BCUT2D eigenvalue weighted by molar-refractivity contribution is -0.171. The monoisotopic (exact) mass is 395 g/mol. The summed E-state index contributed by atoms with van der Waals surface area (Å²) in [6, 6.07) is 6.85. The smallest absolute Gasteiger partial charge is 0.412 e. The highest BCUT2D eigenvalue weighted by Crippen LogP contribution is 2.46. The fraction of sp³-hybridized carbons (Fsp3) is 0.600. The molecule has 0 aliphatic heterocycles. The van der Waals surface area contributed by atoms with Crippen LogP contribution in [0.25, 0.3) is 0 Å². The lowest BCUT2D eigenvalue weighted by Crippen LogP contribution is -2.44. The van der Waals surface area contributed by atoms with Crippen molar-refractivity contribution in [3.63, 3.8) is 0 Å². The summed E-state index contributed by atoms with van der Waals surface area (Å²) in [7, 11) is 2.99. The molecule has 1 aromatic carbocycles. The highest BCUT2D eigenvalue weighted by Gasteiger charge is 2.48. The Hall–Kier alpha value is -2.16. The molecule has 1 aliphatic rings. The van der Waals surface area contributed by atoms with Gasteiger partial charge >= 0.3 is 12.1 Å². The van der Waals surface area contributed by atoms with Gasteiger partial charge in [0.1, 0.15) is 25.2 Å². The van der Waals surface area contributed by atoms with Crippen LogP contribution in [0.5, 0.6) is 0 Å². The zero-order valence-electron chi connectivity index (χ0n) is 17.3. The molecule has 0 saturated carbocycles. The number of esters is 1. The van der Waals surface area contributed by atoms with Crippen LogP contribution in [0.4, 0.5) is 4.79 Å². The number of methoxy groups -OCH3 is 2. The normalized spacial score (nSPS) is 21.1. The summed E-state index contributed by atoms with van der Waals surface area (Å²) in [6.07, 6.45) is -1.91. The zero-order valence-corrected chi connectivity index (χ0v) is 17.3. The molecule has 0 fully saturated rings. The molecule has 1 aromatic rings. The molecule has 0 heterocycles. The number of amides is 1. The number of carbonyl (C=O) groups is 2. The van der Waals surface area contributed by atoms with Crippen LogP contribution in [0.2, 0.25) is 0 Å². The first-order valence-electron chi connectivity index (χ1n) is 9.04. The van der Waals surface area contributed by atoms with Gasteiger partial charge < -0.3 is 23.7 Å². The number of ether oxygens (including phenoxy) is 5. The van der Waals surface area contributed by atoms with Crippen molar-refractivity contribution >= 4 is 12.1 Å². The topological polar surface area (TPSA) is 83.5 Å². The minimum Gasteiger partial charge on any atom is -0.455 e. The number of nitrogens with zero attached hydrogens (tertiary/aromatic N) is 1. The van der Waals surface area contributed by atoms with Crippen molar-refractivity contribution in [2.24, 2.45) is 0 Å². The fourth-order valence-electron chi connectivity index (χ4n) is 3.24. The molecule has 0 bridgehead atoms. The predicted molar refractivity (Wildman–Crippen MR) is 100 cm³/mol. The SMILES string of the molecule is COCO[C@@H]1C(OC(C)=O)c2ccccc2[C@H]1N(COC)C(=O)OC(C)(C)C. The van der Waals surface area contributed by atoms with Crippen molar-refractivity contribution in [3.8, 4) is 0 Å². The summed E-state index contributed by atoms with van der Waals surface area (Å²) < 4.78 is 27.3. The van der Waals surface area contributed by atoms with Crippen molar-refractivity contribution in [2.45, 2.75) is 51.5 Å². The van der Waals surface area contributed by atoms with Crippen LogP contribution in [-0.2, 0) is 28.5 Å². The summed E-state index contributed by atoms with van der Waals surface area (Å²) in [5.41, 5.74) is 0.894. The maximum Gasteiger partial charge on any atom is 0.412 e. The molecule has 0 spiro atoms. The Morgan fingerprint density at radius 3 is 2.25 bits per heavy atom. The number of fused-ring (bicyclic) bond motifs is 1. The van der Waals surface area contributed by atoms with E-state index in [1.165, 1.54) is 26.0 Å². The van der Waals surface area contributed by atoms with Gasteiger partial charge in [-0.2, -0.15) is 0 Å². The van der Waals surface area contributed by atoms with E-state index >= 15 is 0 Å². The first kappa shape index (κ1) is 22.1. The molecule has 156 valence electrons. The molecule has 0 aromatic heterocycles. The maximum absolute atomic E-state index is 12.9. The Bertz CT molecular complexity index is 685. The van der Waals surface area contributed by atoms with E-state index in [2.05, 4.69) is 0 Å². The second kappa shape index (κ2) is 9.36. The van der Waals surface area contributed by atoms with Crippen LogP contribution in [0.3, 0.4) is 0 Å². The van der Waals surface area contributed by atoms with Crippen LogP contribution >= 0.6 is 0 Å². The molecule has 28 heavy (non-hydrogen) atoms. The Balaban J connectivity index is 2.48. The van der Waals surface area contributed by atoms with E-state index in [4.69, 9.17) is 23.7 Å². The molecule has 0 N–H and O–H groups in total. The third kappa shape index (κ3) is 5.21. The first-order chi connectivity index (χ1) is 13.2. The van der Waals surface area contributed by atoms with E-state index < -0.39 is 35.9 Å². The van der Waals surface area contributed by atoms with Crippen LogP contribution in [0, 0.1) is 0 Å². The van der Waals surface area contributed by atoms with Gasteiger partial charge in [0.2, 0.25) is 0 Å². The summed E-state index contributed by atoms with van der Waals surface area (Å²) in [4.78, 5) is 26.1. The van der Waals surface area contributed by atoms with E-state index in [1.807, 2.05) is 24.3 Å². The van der Waals surface area contributed by atoms with E-state index in [1.54, 1.807) is 20.8 Å². The highest BCUT2D eigenvalue weighted by atomic mass is 16.7. The van der Waals surface area contributed by atoms with Gasteiger partial charge in [0.15, 0.2) is 6.10 Å². The molecular formula is C20H29NO7. The highest BCUT2D eigenvalue weighted by molar-refractivity contribution is 5.70. The fourth-order valence-corrected chi connectivity index (χ4v) is 3.24. The molecule has 8 heteroatoms. The Morgan fingerprint density at radius 1 is 1.07 bits per heavy atom. The van der Waals surface area contributed by atoms with Gasteiger partial charge in [-0.05, 0) is 26.3 Å². The molecule has 1 aliphatic carbocycles. The summed E-state index contributed by atoms with van der Waals surface area (Å²) in [5.74, 6) is -0.443. The summed E-state index contributed by atoms with van der Waals surface area (Å²) >= 11 is 0. The number of hydrogen-bond acceptors (Lipinski definition) is 7. The van der Waals surface area contributed by atoms with Crippen molar-refractivity contribution in [2.75, 3.05) is 27.7 Å². The van der Waals surface area contributed by atoms with Crippen molar-refractivity contribution in [1.82, 2.24) is 4.90 Å². The Kier molecular flexibility index (Phi) is 7.40. The number of carbonyl (C=O) groups excluding carboxylic acids is 2. The van der Waals surface area contributed by atoms with Crippen LogP contribution < -0.4 is 0 Å². The standard InChI is InChI=1S/C20H29NO7/c1-13(22)27-17-15-10-8-7-9-14(15)16(18(17)26-12-25-6)21(11-24-5)19(23)28-20(2,3)4/h7-10,16-18H,11-12H2,1-6H3/t16-,17?,18+/m1/s1. The molecule has 2 rings (SSSR count). The third-order valence-electron chi connectivity index (χ3n) is 4.13. The average Bonchev–Trinajstić information content (AvgIpc) is 2.89. The Labute approximate surface area is 165 Å². The van der Waals surface area contributed by atoms with E-state index in [9.17, 15) is 9.59 Å². The Morgan fingerprint density at radius 2 is 1.71 bits per heavy atom. The second-order valence-corrected chi connectivity index (χ2v) is 7.51. The molecule has 0 saturated heterocycles. The van der Waals surface area contributed by atoms with Crippen molar-refractivity contribution < 1.29 is 33.3 Å².